The zero-order valence-corrected chi connectivity index (χ0v) is 7.99. The summed E-state index contributed by atoms with van der Waals surface area (Å²) in [6, 6.07) is 1.57. The molecule has 0 saturated carbocycles. The van der Waals surface area contributed by atoms with Crippen LogP contribution in [0.1, 0.15) is 0 Å². The fraction of sp³-hybridized carbons (Fsp3) is 0.143. The molecule has 1 aromatic carbocycles. The van der Waals surface area contributed by atoms with Gasteiger partial charge in [0.2, 0.25) is 0 Å². The van der Waals surface area contributed by atoms with Crippen molar-refractivity contribution in [3.05, 3.63) is 22.4 Å². The van der Waals surface area contributed by atoms with Gasteiger partial charge >= 0.3 is 6.36 Å². The monoisotopic (exact) mass is 274 g/mol. The number of rotatable bonds is 1. The summed E-state index contributed by atoms with van der Waals surface area (Å²) in [6.07, 6.45) is -5.00. The van der Waals surface area contributed by atoms with Crippen LogP contribution in [0.3, 0.4) is 0 Å². The fourth-order valence-electron chi connectivity index (χ4n) is 0.731. The second-order valence-corrected chi connectivity index (χ2v) is 3.05. The maximum Gasteiger partial charge on any atom is 0.573 e. The molecule has 0 aliphatic carbocycles. The quantitative estimate of drug-likeness (QED) is 0.797. The van der Waals surface area contributed by atoms with Crippen LogP contribution in [0.2, 0.25) is 0 Å². The van der Waals surface area contributed by atoms with Gasteiger partial charge in [0, 0.05) is 0 Å². The molecule has 0 radical (unpaired) electrons. The maximum absolute atomic E-state index is 12.8. The molecule has 2 nitrogen and oxygen atoms in total. The third kappa shape index (κ3) is 2.50. The standard InChI is InChI=1S/C7H3BrF4O2/c8-5-4(13)2-1-3(9)6(5)14-7(10,11)12/h1-2,13H. The van der Waals surface area contributed by atoms with Crippen LogP contribution in [-0.4, -0.2) is 11.5 Å². The van der Waals surface area contributed by atoms with E-state index < -0.39 is 28.2 Å². The first-order valence-corrected chi connectivity index (χ1v) is 4.03. The van der Waals surface area contributed by atoms with Crippen LogP contribution in [0.4, 0.5) is 17.6 Å². The molecular formula is C7H3BrF4O2. The highest BCUT2D eigenvalue weighted by Gasteiger charge is 2.33. The number of halogens is 5. The zero-order chi connectivity index (χ0) is 10.9. The lowest BCUT2D eigenvalue weighted by Crippen LogP contribution is -2.18. The summed E-state index contributed by atoms with van der Waals surface area (Å²) in [4.78, 5) is 0. The summed E-state index contributed by atoms with van der Waals surface area (Å²) in [5.74, 6) is -2.84. The number of phenols is 1. The Balaban J connectivity index is 3.13. The summed E-state index contributed by atoms with van der Waals surface area (Å²) in [5.41, 5.74) is 0. The molecule has 0 aromatic heterocycles. The predicted octanol–water partition coefficient (Wildman–Crippen LogP) is 3.19. The molecule has 78 valence electrons. The van der Waals surface area contributed by atoms with Crippen molar-refractivity contribution >= 4 is 15.9 Å². The molecule has 0 amide bonds. The van der Waals surface area contributed by atoms with E-state index in [-0.39, 0.29) is 0 Å². The highest BCUT2D eigenvalue weighted by Crippen LogP contribution is 2.38. The van der Waals surface area contributed by atoms with Gasteiger partial charge in [0.1, 0.15) is 10.2 Å². The van der Waals surface area contributed by atoms with Gasteiger partial charge in [-0.3, -0.25) is 0 Å². The Bertz CT molecular complexity index is 350. The minimum absolute atomic E-state index is 0.477. The third-order valence-corrected chi connectivity index (χ3v) is 2.01. The molecule has 14 heavy (non-hydrogen) atoms. The Morgan fingerprint density at radius 1 is 1.29 bits per heavy atom. The van der Waals surface area contributed by atoms with Gasteiger partial charge in [-0.1, -0.05) is 0 Å². The Hall–Kier alpha value is -0.980. The van der Waals surface area contributed by atoms with Crippen LogP contribution >= 0.6 is 15.9 Å². The second kappa shape index (κ2) is 3.64. The average Bonchev–Trinajstić information content (AvgIpc) is 2.04. The molecule has 0 aliphatic heterocycles. The summed E-state index contributed by atoms with van der Waals surface area (Å²) in [6.45, 7) is 0. The van der Waals surface area contributed by atoms with E-state index in [1.807, 2.05) is 0 Å². The minimum Gasteiger partial charge on any atom is -0.507 e. The van der Waals surface area contributed by atoms with Crippen molar-refractivity contribution in [1.29, 1.82) is 0 Å². The molecule has 0 aliphatic rings. The molecule has 1 rings (SSSR count). The van der Waals surface area contributed by atoms with Gasteiger partial charge in [0.15, 0.2) is 11.6 Å². The molecule has 0 heterocycles. The SMILES string of the molecule is Oc1ccc(F)c(OC(F)(F)F)c1Br. The van der Waals surface area contributed by atoms with Gasteiger partial charge < -0.3 is 9.84 Å². The van der Waals surface area contributed by atoms with E-state index in [0.717, 1.165) is 6.07 Å². The molecule has 0 saturated heterocycles. The van der Waals surface area contributed by atoms with E-state index >= 15 is 0 Å². The predicted molar refractivity (Wildman–Crippen MR) is 42.4 cm³/mol. The van der Waals surface area contributed by atoms with Gasteiger partial charge in [0.05, 0.1) is 0 Å². The number of hydrogen-bond donors (Lipinski definition) is 1. The summed E-state index contributed by atoms with van der Waals surface area (Å²) in [5, 5.41) is 8.96. The largest absolute Gasteiger partial charge is 0.573 e. The van der Waals surface area contributed by atoms with E-state index in [1.54, 1.807) is 0 Å². The summed E-state index contributed by atoms with van der Waals surface area (Å²) < 4.78 is 50.9. The lowest BCUT2D eigenvalue weighted by Gasteiger charge is -2.11. The summed E-state index contributed by atoms with van der Waals surface area (Å²) in [7, 11) is 0. The van der Waals surface area contributed by atoms with E-state index in [9.17, 15) is 17.6 Å². The first-order chi connectivity index (χ1) is 6.31. The van der Waals surface area contributed by atoms with E-state index in [2.05, 4.69) is 20.7 Å². The molecule has 0 spiro atoms. The molecule has 7 heteroatoms. The maximum atomic E-state index is 12.8. The van der Waals surface area contributed by atoms with Gasteiger partial charge in [-0.2, -0.15) is 0 Å². The number of alkyl halides is 3. The van der Waals surface area contributed by atoms with Crippen molar-refractivity contribution in [3.63, 3.8) is 0 Å². The molecule has 0 unspecified atom stereocenters. The average molecular weight is 275 g/mol. The van der Waals surface area contributed by atoms with Crippen LogP contribution in [-0.2, 0) is 0 Å². The van der Waals surface area contributed by atoms with Crippen LogP contribution in [0.5, 0.6) is 11.5 Å². The Morgan fingerprint density at radius 3 is 2.36 bits per heavy atom. The van der Waals surface area contributed by atoms with Crippen LogP contribution in [0.25, 0.3) is 0 Å². The highest BCUT2D eigenvalue weighted by molar-refractivity contribution is 9.10. The molecule has 1 aromatic rings. The molecular weight excluding hydrogens is 272 g/mol. The molecule has 0 bridgehead atoms. The highest BCUT2D eigenvalue weighted by atomic mass is 79.9. The number of benzene rings is 1. The van der Waals surface area contributed by atoms with Crippen molar-refractivity contribution in [2.45, 2.75) is 6.36 Å². The van der Waals surface area contributed by atoms with Gasteiger partial charge in [-0.15, -0.1) is 13.2 Å². The third-order valence-electron chi connectivity index (χ3n) is 1.25. The molecule has 1 N–H and O–H groups in total. The van der Waals surface area contributed by atoms with Crippen LogP contribution < -0.4 is 4.74 Å². The van der Waals surface area contributed by atoms with E-state index in [1.165, 1.54) is 0 Å². The first kappa shape index (κ1) is 11.1. The Kier molecular flexibility index (Phi) is 2.89. The first-order valence-electron chi connectivity index (χ1n) is 3.24. The molecule has 0 fully saturated rings. The lowest BCUT2D eigenvalue weighted by molar-refractivity contribution is -0.275. The van der Waals surface area contributed by atoms with Crippen molar-refractivity contribution in [1.82, 2.24) is 0 Å². The number of phenolic OH excluding ortho intramolecular Hbond substituents is 1. The van der Waals surface area contributed by atoms with Crippen molar-refractivity contribution in [2.24, 2.45) is 0 Å². The van der Waals surface area contributed by atoms with Crippen molar-refractivity contribution < 1.29 is 27.4 Å². The lowest BCUT2D eigenvalue weighted by atomic mass is 10.3. The fourth-order valence-corrected chi connectivity index (χ4v) is 1.13. The van der Waals surface area contributed by atoms with E-state index in [0.29, 0.717) is 6.07 Å². The van der Waals surface area contributed by atoms with Crippen LogP contribution in [0, 0.1) is 5.82 Å². The van der Waals surface area contributed by atoms with E-state index in [4.69, 9.17) is 5.11 Å². The number of hydrogen-bond acceptors (Lipinski definition) is 2. The van der Waals surface area contributed by atoms with Gasteiger partial charge in [0.25, 0.3) is 0 Å². The summed E-state index contributed by atoms with van der Waals surface area (Å²) >= 11 is 2.57. The Labute approximate surface area is 84.2 Å². The zero-order valence-electron chi connectivity index (χ0n) is 6.40. The number of ether oxygens (including phenoxy) is 1. The smallest absolute Gasteiger partial charge is 0.507 e. The Morgan fingerprint density at radius 2 is 1.86 bits per heavy atom. The van der Waals surface area contributed by atoms with Crippen molar-refractivity contribution in [3.8, 4) is 11.5 Å². The van der Waals surface area contributed by atoms with Crippen molar-refractivity contribution in [2.75, 3.05) is 0 Å². The van der Waals surface area contributed by atoms with Gasteiger partial charge in [-0.25, -0.2) is 4.39 Å². The van der Waals surface area contributed by atoms with Gasteiger partial charge in [-0.05, 0) is 28.1 Å². The second-order valence-electron chi connectivity index (χ2n) is 2.26. The molecule has 0 atom stereocenters. The topological polar surface area (TPSA) is 29.5 Å². The normalized spacial score (nSPS) is 11.5. The van der Waals surface area contributed by atoms with Crippen LogP contribution in [0.15, 0.2) is 16.6 Å². The minimum atomic E-state index is -5.00. The number of aromatic hydroxyl groups is 1.